The standard InChI is InChI=1S/C6H14O6.BO3.3Na/c7-1-3(9)5(11)6(12)4(10)2-8;2-1(3)4;;;/h3-12H,1-2H2;;;;/q;-3;3*+1. The molecule has 0 bridgehead atoms. The van der Waals surface area contributed by atoms with Crippen molar-refractivity contribution in [2.24, 2.45) is 0 Å². The summed E-state index contributed by atoms with van der Waals surface area (Å²) in [7, 11) is -2.92. The molecule has 0 saturated heterocycles. The van der Waals surface area contributed by atoms with E-state index in [4.69, 9.17) is 45.7 Å². The van der Waals surface area contributed by atoms with Crippen LogP contribution < -0.4 is 104 Å². The molecule has 6 N–H and O–H groups in total. The molecule has 0 saturated carbocycles. The van der Waals surface area contributed by atoms with E-state index >= 15 is 0 Å². The molecule has 0 fully saturated rings. The Labute approximate surface area is 177 Å². The summed E-state index contributed by atoms with van der Waals surface area (Å²) in [6, 6.07) is 0. The molecule has 0 radical (unpaired) electrons. The van der Waals surface area contributed by atoms with Gasteiger partial charge in [0.2, 0.25) is 0 Å². The number of rotatable bonds is 5. The average molecular weight is 310 g/mol. The first-order valence-electron chi connectivity index (χ1n) is 4.19. The van der Waals surface area contributed by atoms with Crippen molar-refractivity contribution in [3.63, 3.8) is 0 Å². The van der Waals surface area contributed by atoms with Crippen molar-refractivity contribution >= 4 is 7.32 Å². The maximum Gasteiger partial charge on any atom is 1.00 e. The minimum absolute atomic E-state index is 0. The summed E-state index contributed by atoms with van der Waals surface area (Å²) in [5.41, 5.74) is 0. The summed E-state index contributed by atoms with van der Waals surface area (Å²) >= 11 is 0. The molecule has 98 valence electrons. The zero-order valence-electron chi connectivity index (χ0n) is 11.2. The second kappa shape index (κ2) is 20.7. The number of hydrogen-bond acceptors (Lipinski definition) is 9. The molecule has 4 unspecified atom stereocenters. The SMILES string of the molecule is OCC(O)C(O)C(O)C(O)CO.[Na+].[Na+].[Na+].[O-]B([O-])[O-]. The van der Waals surface area contributed by atoms with Gasteiger partial charge in [0.25, 0.3) is 0 Å². The smallest absolute Gasteiger partial charge is 0.907 e. The van der Waals surface area contributed by atoms with E-state index in [-0.39, 0.29) is 88.7 Å². The van der Waals surface area contributed by atoms with Crippen LogP contribution in [0.5, 0.6) is 0 Å². The van der Waals surface area contributed by atoms with E-state index in [1.54, 1.807) is 0 Å². The van der Waals surface area contributed by atoms with Crippen molar-refractivity contribution in [3.8, 4) is 0 Å². The van der Waals surface area contributed by atoms with Crippen LogP contribution in [-0.4, -0.2) is 75.6 Å². The molecule has 0 rings (SSSR count). The van der Waals surface area contributed by atoms with Crippen LogP contribution in [0.25, 0.3) is 0 Å². The maximum atomic E-state index is 8.96. The topological polar surface area (TPSA) is 191 Å². The molecule has 4 atom stereocenters. The fourth-order valence-electron chi connectivity index (χ4n) is 0.671. The van der Waals surface area contributed by atoms with Crippen molar-refractivity contribution in [1.29, 1.82) is 0 Å². The molecular formula is C6H14BNa3O9. The molecule has 0 aliphatic rings. The zero-order chi connectivity index (χ0) is 13.3. The van der Waals surface area contributed by atoms with Crippen molar-refractivity contribution in [1.82, 2.24) is 0 Å². The fraction of sp³-hybridized carbons (Fsp3) is 1.00. The van der Waals surface area contributed by atoms with Gasteiger partial charge in [-0.15, -0.1) is 0 Å². The van der Waals surface area contributed by atoms with Crippen LogP contribution in [0.1, 0.15) is 0 Å². The summed E-state index contributed by atoms with van der Waals surface area (Å²) in [4.78, 5) is 0. The molecule has 19 heavy (non-hydrogen) atoms. The maximum absolute atomic E-state index is 8.96. The molecule has 0 aromatic rings. The summed E-state index contributed by atoms with van der Waals surface area (Å²) in [5, 5.41) is 77.4. The molecule has 0 aromatic heterocycles. The monoisotopic (exact) mass is 310 g/mol. The zero-order valence-corrected chi connectivity index (χ0v) is 17.2. The van der Waals surface area contributed by atoms with Gasteiger partial charge in [0.05, 0.1) is 13.2 Å². The number of aliphatic hydroxyl groups excluding tert-OH is 6. The van der Waals surface area contributed by atoms with Crippen LogP contribution in [0, 0.1) is 0 Å². The first-order valence-corrected chi connectivity index (χ1v) is 4.19. The second-order valence-corrected chi connectivity index (χ2v) is 2.77. The van der Waals surface area contributed by atoms with Crippen LogP contribution in [-0.2, 0) is 0 Å². The van der Waals surface area contributed by atoms with Crippen LogP contribution in [0.4, 0.5) is 0 Å². The van der Waals surface area contributed by atoms with Crippen molar-refractivity contribution < 1.29 is 134 Å². The number of aliphatic hydroxyl groups is 6. The van der Waals surface area contributed by atoms with Crippen LogP contribution in [0.2, 0.25) is 0 Å². The normalized spacial score (nSPS) is 15.0. The molecule has 0 amide bonds. The minimum Gasteiger partial charge on any atom is -0.907 e. The molecule has 0 spiro atoms. The van der Waals surface area contributed by atoms with E-state index in [1.807, 2.05) is 0 Å². The Morgan fingerprint density at radius 2 is 0.842 bits per heavy atom. The van der Waals surface area contributed by atoms with Gasteiger partial charge < -0.3 is 45.7 Å². The summed E-state index contributed by atoms with van der Waals surface area (Å²) in [6.45, 7) is -1.45. The van der Waals surface area contributed by atoms with Gasteiger partial charge in [-0.2, -0.15) is 0 Å². The van der Waals surface area contributed by atoms with Crippen molar-refractivity contribution in [2.75, 3.05) is 13.2 Å². The molecule has 13 heteroatoms. The molecular weight excluding hydrogens is 296 g/mol. The Balaban J connectivity index is -0.0000000827. The van der Waals surface area contributed by atoms with Gasteiger partial charge in [0, 0.05) is 0 Å². The molecule has 0 aromatic carbocycles. The van der Waals surface area contributed by atoms with Crippen LogP contribution >= 0.6 is 0 Å². The van der Waals surface area contributed by atoms with Gasteiger partial charge in [-0.3, -0.25) is 7.32 Å². The first-order chi connectivity index (χ1) is 7.27. The molecule has 0 aliphatic carbocycles. The predicted molar refractivity (Wildman–Crippen MR) is 44.0 cm³/mol. The Hall–Kier alpha value is 2.70. The second-order valence-electron chi connectivity index (χ2n) is 2.77. The van der Waals surface area contributed by atoms with E-state index in [0.717, 1.165) is 0 Å². The van der Waals surface area contributed by atoms with Gasteiger partial charge in [-0.25, -0.2) is 0 Å². The van der Waals surface area contributed by atoms with Crippen molar-refractivity contribution in [2.45, 2.75) is 24.4 Å². The van der Waals surface area contributed by atoms with Gasteiger partial charge in [-0.05, 0) is 0 Å². The van der Waals surface area contributed by atoms with Gasteiger partial charge >= 0.3 is 88.7 Å². The third kappa shape index (κ3) is 20.7. The minimum atomic E-state index is -2.92. The third-order valence-corrected chi connectivity index (χ3v) is 1.51. The Morgan fingerprint density at radius 1 is 0.684 bits per heavy atom. The Morgan fingerprint density at radius 3 is 0.947 bits per heavy atom. The summed E-state index contributed by atoms with van der Waals surface area (Å²) < 4.78 is 0. The molecule has 9 nitrogen and oxygen atoms in total. The van der Waals surface area contributed by atoms with E-state index in [1.165, 1.54) is 0 Å². The average Bonchev–Trinajstić information content (AvgIpc) is 2.24. The van der Waals surface area contributed by atoms with Crippen LogP contribution in [0.3, 0.4) is 0 Å². The fourth-order valence-corrected chi connectivity index (χ4v) is 0.671. The Kier molecular flexibility index (Phi) is 36.3. The van der Waals surface area contributed by atoms with Crippen molar-refractivity contribution in [3.05, 3.63) is 0 Å². The van der Waals surface area contributed by atoms with Crippen LogP contribution in [0.15, 0.2) is 0 Å². The van der Waals surface area contributed by atoms with Gasteiger partial charge in [-0.1, -0.05) is 0 Å². The largest absolute Gasteiger partial charge is 1.00 e. The molecule has 0 aliphatic heterocycles. The van der Waals surface area contributed by atoms with E-state index < -0.39 is 45.0 Å². The van der Waals surface area contributed by atoms with Gasteiger partial charge in [0.15, 0.2) is 0 Å². The third-order valence-electron chi connectivity index (χ3n) is 1.51. The Bertz CT molecular complexity index is 152. The van der Waals surface area contributed by atoms with E-state index in [0.29, 0.717) is 0 Å². The first kappa shape index (κ1) is 33.3. The molecule has 0 heterocycles. The van der Waals surface area contributed by atoms with E-state index in [2.05, 4.69) is 0 Å². The number of hydrogen-bond donors (Lipinski definition) is 6. The van der Waals surface area contributed by atoms with E-state index in [9.17, 15) is 0 Å². The van der Waals surface area contributed by atoms with Gasteiger partial charge in [0.1, 0.15) is 24.4 Å². The predicted octanol–water partition coefficient (Wildman–Crippen LogP) is -16.5. The summed E-state index contributed by atoms with van der Waals surface area (Å²) in [5.74, 6) is 0. The summed E-state index contributed by atoms with van der Waals surface area (Å²) in [6.07, 6.45) is -6.39. The quantitative estimate of drug-likeness (QED) is 0.267.